The van der Waals surface area contributed by atoms with Crippen LogP contribution < -0.4 is 5.32 Å². The van der Waals surface area contributed by atoms with Crippen LogP contribution in [0.25, 0.3) is 10.2 Å². The third-order valence-corrected chi connectivity index (χ3v) is 4.39. The molecule has 3 aromatic rings. The molecule has 3 rings (SSSR count). The van der Waals surface area contributed by atoms with E-state index in [1.54, 1.807) is 11.3 Å². The number of aryl methyl sites for hydroxylation is 1. The molecule has 2 nitrogen and oxygen atoms in total. The third-order valence-electron chi connectivity index (χ3n) is 3.60. The van der Waals surface area contributed by atoms with Crippen molar-refractivity contribution in [2.45, 2.75) is 26.3 Å². The highest BCUT2D eigenvalue weighted by molar-refractivity contribution is 7.16. The van der Waals surface area contributed by atoms with Crippen LogP contribution in [0.5, 0.6) is 0 Å². The van der Waals surface area contributed by atoms with Gasteiger partial charge in [-0.3, -0.25) is 0 Å². The van der Waals surface area contributed by atoms with Gasteiger partial charge < -0.3 is 5.32 Å². The molecule has 1 aromatic heterocycles. The van der Waals surface area contributed by atoms with Crippen LogP contribution in [0.15, 0.2) is 48.0 Å². The minimum atomic E-state index is 0.297. The van der Waals surface area contributed by atoms with Crippen molar-refractivity contribution < 1.29 is 0 Å². The Morgan fingerprint density at radius 1 is 1.15 bits per heavy atom. The van der Waals surface area contributed by atoms with Gasteiger partial charge in [-0.15, -0.1) is 11.3 Å². The van der Waals surface area contributed by atoms with Crippen LogP contribution in [0.1, 0.15) is 31.0 Å². The van der Waals surface area contributed by atoms with E-state index in [0.717, 1.165) is 17.6 Å². The smallest absolute Gasteiger partial charge is 0.0813 e. The number of fused-ring (bicyclic) bond motifs is 1. The van der Waals surface area contributed by atoms with Crippen molar-refractivity contribution in [3.63, 3.8) is 0 Å². The minimum absolute atomic E-state index is 0.297. The summed E-state index contributed by atoms with van der Waals surface area (Å²) < 4.78 is 1.23. The van der Waals surface area contributed by atoms with E-state index >= 15 is 0 Å². The first kappa shape index (κ1) is 13.1. The predicted octanol–water partition coefficient (Wildman–Crippen LogP) is 5.03. The highest BCUT2D eigenvalue weighted by Crippen LogP contribution is 2.25. The maximum atomic E-state index is 4.31. The van der Waals surface area contributed by atoms with Crippen LogP contribution in [-0.4, -0.2) is 4.98 Å². The topological polar surface area (TPSA) is 24.9 Å². The van der Waals surface area contributed by atoms with E-state index in [1.165, 1.54) is 15.8 Å². The summed E-state index contributed by atoms with van der Waals surface area (Å²) in [5.41, 5.74) is 6.80. The van der Waals surface area contributed by atoms with Crippen LogP contribution in [0.3, 0.4) is 0 Å². The molecule has 0 aliphatic rings. The number of hydrogen-bond acceptors (Lipinski definition) is 3. The van der Waals surface area contributed by atoms with Crippen molar-refractivity contribution in [2.75, 3.05) is 5.32 Å². The van der Waals surface area contributed by atoms with Gasteiger partial charge in [0, 0.05) is 11.7 Å². The molecule has 102 valence electrons. The summed E-state index contributed by atoms with van der Waals surface area (Å²) in [6, 6.07) is 15.5. The van der Waals surface area contributed by atoms with Crippen molar-refractivity contribution in [1.29, 1.82) is 0 Å². The number of benzene rings is 2. The summed E-state index contributed by atoms with van der Waals surface area (Å²) in [5.74, 6) is 0. The van der Waals surface area contributed by atoms with Crippen LogP contribution >= 0.6 is 11.3 Å². The molecule has 0 bridgehead atoms. The van der Waals surface area contributed by atoms with E-state index in [0.29, 0.717) is 6.04 Å². The van der Waals surface area contributed by atoms with Gasteiger partial charge in [0.25, 0.3) is 0 Å². The quantitative estimate of drug-likeness (QED) is 0.725. The summed E-state index contributed by atoms with van der Waals surface area (Å²) in [6.45, 7) is 4.37. The molecule has 0 aliphatic heterocycles. The SMILES string of the molecule is CCc1ccc(C(C)Nc2ccc3ncsc3c2)cc1. The first-order chi connectivity index (χ1) is 9.76. The summed E-state index contributed by atoms with van der Waals surface area (Å²) in [5, 5.41) is 3.56. The fraction of sp³-hybridized carbons (Fsp3) is 0.235. The van der Waals surface area contributed by atoms with E-state index in [-0.39, 0.29) is 0 Å². The van der Waals surface area contributed by atoms with Crippen LogP contribution in [0.4, 0.5) is 5.69 Å². The van der Waals surface area contributed by atoms with Gasteiger partial charge in [-0.05, 0) is 42.7 Å². The lowest BCUT2D eigenvalue weighted by atomic mass is 10.0. The van der Waals surface area contributed by atoms with E-state index in [4.69, 9.17) is 0 Å². The lowest BCUT2D eigenvalue weighted by Gasteiger charge is -2.16. The van der Waals surface area contributed by atoms with Crippen LogP contribution in [0, 0.1) is 0 Å². The lowest BCUT2D eigenvalue weighted by molar-refractivity contribution is 0.883. The Morgan fingerprint density at radius 2 is 1.95 bits per heavy atom. The highest BCUT2D eigenvalue weighted by atomic mass is 32.1. The maximum Gasteiger partial charge on any atom is 0.0813 e. The fourth-order valence-electron chi connectivity index (χ4n) is 2.32. The molecule has 1 heterocycles. The summed E-state index contributed by atoms with van der Waals surface area (Å²) >= 11 is 1.68. The third kappa shape index (κ3) is 2.68. The number of nitrogens with zero attached hydrogens (tertiary/aromatic N) is 1. The molecule has 2 aromatic carbocycles. The second kappa shape index (κ2) is 5.63. The molecule has 0 radical (unpaired) electrons. The molecule has 0 aliphatic carbocycles. The zero-order valence-corrected chi connectivity index (χ0v) is 12.6. The Kier molecular flexibility index (Phi) is 3.70. The summed E-state index contributed by atoms with van der Waals surface area (Å²) in [4.78, 5) is 4.31. The zero-order chi connectivity index (χ0) is 13.9. The number of anilines is 1. The minimum Gasteiger partial charge on any atom is -0.378 e. The Balaban J connectivity index is 1.78. The number of thiazole rings is 1. The Hall–Kier alpha value is -1.87. The molecule has 0 saturated heterocycles. The summed E-state index contributed by atoms with van der Waals surface area (Å²) in [6.07, 6.45) is 1.09. The molecule has 20 heavy (non-hydrogen) atoms. The Labute approximate surface area is 123 Å². The van der Waals surface area contributed by atoms with Gasteiger partial charge in [0.2, 0.25) is 0 Å². The zero-order valence-electron chi connectivity index (χ0n) is 11.8. The van der Waals surface area contributed by atoms with Crippen molar-refractivity contribution >= 4 is 27.2 Å². The van der Waals surface area contributed by atoms with Crippen LogP contribution in [-0.2, 0) is 6.42 Å². The maximum absolute atomic E-state index is 4.31. The largest absolute Gasteiger partial charge is 0.378 e. The Morgan fingerprint density at radius 3 is 2.70 bits per heavy atom. The van der Waals surface area contributed by atoms with E-state index in [9.17, 15) is 0 Å². The fourth-order valence-corrected chi connectivity index (χ4v) is 3.04. The number of nitrogens with one attached hydrogen (secondary N) is 1. The molecular weight excluding hydrogens is 264 g/mol. The molecular formula is C17H18N2S. The molecule has 1 unspecified atom stereocenters. The molecule has 0 amide bonds. The van der Waals surface area contributed by atoms with Gasteiger partial charge in [-0.1, -0.05) is 31.2 Å². The second-order valence-corrected chi connectivity index (χ2v) is 5.88. The molecule has 0 fully saturated rings. The standard InChI is InChI=1S/C17H18N2S/c1-3-13-4-6-14(7-5-13)12(2)19-15-8-9-16-17(10-15)20-11-18-16/h4-12,19H,3H2,1-2H3. The van der Waals surface area contributed by atoms with Crippen molar-refractivity contribution in [3.05, 3.63) is 59.1 Å². The highest BCUT2D eigenvalue weighted by Gasteiger charge is 2.06. The van der Waals surface area contributed by atoms with Crippen LogP contribution in [0.2, 0.25) is 0 Å². The first-order valence-corrected chi connectivity index (χ1v) is 7.83. The molecule has 3 heteroatoms. The monoisotopic (exact) mass is 282 g/mol. The Bertz CT molecular complexity index is 700. The normalized spacial score (nSPS) is 12.5. The lowest BCUT2D eigenvalue weighted by Crippen LogP contribution is -2.06. The molecule has 1 N–H and O–H groups in total. The number of aromatic nitrogens is 1. The van der Waals surface area contributed by atoms with Gasteiger partial charge >= 0.3 is 0 Å². The number of rotatable bonds is 4. The van der Waals surface area contributed by atoms with E-state index in [1.807, 2.05) is 5.51 Å². The van der Waals surface area contributed by atoms with E-state index < -0.39 is 0 Å². The van der Waals surface area contributed by atoms with Crippen molar-refractivity contribution in [2.24, 2.45) is 0 Å². The summed E-state index contributed by atoms with van der Waals surface area (Å²) in [7, 11) is 0. The first-order valence-electron chi connectivity index (χ1n) is 6.95. The van der Waals surface area contributed by atoms with Gasteiger partial charge in [-0.25, -0.2) is 4.98 Å². The van der Waals surface area contributed by atoms with Crippen molar-refractivity contribution in [3.8, 4) is 0 Å². The van der Waals surface area contributed by atoms with Gasteiger partial charge in [0.05, 0.1) is 15.7 Å². The predicted molar refractivity (Wildman–Crippen MR) is 87.5 cm³/mol. The average molecular weight is 282 g/mol. The van der Waals surface area contributed by atoms with E-state index in [2.05, 4.69) is 66.6 Å². The van der Waals surface area contributed by atoms with Gasteiger partial charge in [0.1, 0.15) is 0 Å². The van der Waals surface area contributed by atoms with Gasteiger partial charge in [0.15, 0.2) is 0 Å². The van der Waals surface area contributed by atoms with Gasteiger partial charge in [-0.2, -0.15) is 0 Å². The number of hydrogen-bond donors (Lipinski definition) is 1. The second-order valence-electron chi connectivity index (χ2n) is 5.00. The molecule has 0 spiro atoms. The molecule has 1 atom stereocenters. The molecule has 0 saturated carbocycles. The van der Waals surface area contributed by atoms with Crippen molar-refractivity contribution in [1.82, 2.24) is 4.98 Å². The average Bonchev–Trinajstić information content (AvgIpc) is 2.95.